The minimum Gasteiger partial charge on any atom is -0.495 e. The number of hydrogen-bond acceptors (Lipinski definition) is 3. The van der Waals surface area contributed by atoms with E-state index in [1.54, 1.807) is 14.2 Å². The third-order valence-electron chi connectivity index (χ3n) is 3.96. The van der Waals surface area contributed by atoms with Gasteiger partial charge in [0.15, 0.2) is 5.96 Å². The van der Waals surface area contributed by atoms with E-state index in [-0.39, 0.29) is 5.91 Å². The molecule has 0 bridgehead atoms. The molecule has 0 radical (unpaired) electrons. The summed E-state index contributed by atoms with van der Waals surface area (Å²) >= 11 is 3.58. The monoisotopic (exact) mass is 432 g/mol. The number of nitrogens with one attached hydrogen (secondary N) is 2. The maximum absolute atomic E-state index is 11.4. The highest BCUT2D eigenvalue weighted by atomic mass is 79.9. The first kappa shape index (κ1) is 20.8. The molecule has 1 amide bonds. The molecule has 2 N–H and O–H groups in total. The molecule has 144 valence electrons. The molecule has 0 unspecified atom stereocenters. The van der Waals surface area contributed by atoms with Gasteiger partial charge in [-0.1, -0.05) is 40.2 Å². The van der Waals surface area contributed by atoms with Crippen LogP contribution in [0.5, 0.6) is 5.75 Å². The molecule has 0 aliphatic heterocycles. The minimum atomic E-state index is -0.137. The Labute approximate surface area is 168 Å². The Hall–Kier alpha value is -2.54. The molecule has 0 spiro atoms. The van der Waals surface area contributed by atoms with Crippen molar-refractivity contribution in [3.63, 3.8) is 0 Å². The van der Waals surface area contributed by atoms with Gasteiger partial charge in [0.05, 0.1) is 12.8 Å². The normalized spacial score (nSPS) is 11.1. The number of nitrogens with zero attached hydrogens (tertiary/aromatic N) is 2. The Balaban J connectivity index is 2.05. The van der Waals surface area contributed by atoms with Gasteiger partial charge in [0.1, 0.15) is 5.75 Å². The summed E-state index contributed by atoms with van der Waals surface area (Å²) in [5, 5.41) is 6.14. The molecule has 0 saturated carbocycles. The quantitative estimate of drug-likeness (QED) is 0.540. The fraction of sp³-hybridized carbons (Fsp3) is 0.300. The molecule has 0 fully saturated rings. The number of benzene rings is 2. The van der Waals surface area contributed by atoms with Crippen LogP contribution < -0.4 is 15.4 Å². The first-order valence-corrected chi connectivity index (χ1v) is 9.33. The largest absolute Gasteiger partial charge is 0.495 e. The number of carbonyl (C=O) groups is 1. The van der Waals surface area contributed by atoms with E-state index in [1.165, 1.54) is 12.5 Å². The highest BCUT2D eigenvalue weighted by Gasteiger charge is 2.10. The van der Waals surface area contributed by atoms with E-state index in [4.69, 9.17) is 4.74 Å². The van der Waals surface area contributed by atoms with Gasteiger partial charge in [-0.15, -0.1) is 0 Å². The zero-order valence-electron chi connectivity index (χ0n) is 16.0. The average molecular weight is 433 g/mol. The van der Waals surface area contributed by atoms with E-state index in [2.05, 4.69) is 42.5 Å². The topological polar surface area (TPSA) is 66.0 Å². The van der Waals surface area contributed by atoms with Crippen molar-refractivity contribution >= 4 is 33.5 Å². The predicted molar refractivity (Wildman–Crippen MR) is 113 cm³/mol. The summed E-state index contributed by atoms with van der Waals surface area (Å²) in [6.45, 7) is 2.77. The van der Waals surface area contributed by atoms with E-state index in [0.717, 1.165) is 22.5 Å². The van der Waals surface area contributed by atoms with Gasteiger partial charge in [-0.25, -0.2) is 0 Å². The van der Waals surface area contributed by atoms with Crippen molar-refractivity contribution < 1.29 is 9.53 Å². The van der Waals surface area contributed by atoms with Crippen LogP contribution in [0.15, 0.2) is 51.9 Å². The van der Waals surface area contributed by atoms with E-state index in [1.807, 2.05) is 43.4 Å². The van der Waals surface area contributed by atoms with E-state index in [0.29, 0.717) is 18.0 Å². The van der Waals surface area contributed by atoms with Crippen molar-refractivity contribution in [1.29, 1.82) is 0 Å². The van der Waals surface area contributed by atoms with Crippen LogP contribution in [0.25, 0.3) is 0 Å². The highest BCUT2D eigenvalue weighted by molar-refractivity contribution is 9.10. The summed E-state index contributed by atoms with van der Waals surface area (Å²) in [7, 11) is 5.33. The summed E-state index contributed by atoms with van der Waals surface area (Å²) in [4.78, 5) is 17.8. The lowest BCUT2D eigenvalue weighted by atomic mass is 10.2. The van der Waals surface area contributed by atoms with Crippen LogP contribution in [0.3, 0.4) is 0 Å². The summed E-state index contributed by atoms with van der Waals surface area (Å²) in [6.07, 6.45) is 0. The van der Waals surface area contributed by atoms with Gasteiger partial charge < -0.3 is 20.3 Å². The van der Waals surface area contributed by atoms with Gasteiger partial charge in [0, 0.05) is 38.6 Å². The van der Waals surface area contributed by atoms with Gasteiger partial charge in [-0.2, -0.15) is 0 Å². The Bertz CT molecular complexity index is 823. The van der Waals surface area contributed by atoms with Crippen LogP contribution >= 0.6 is 15.9 Å². The number of rotatable bonds is 6. The van der Waals surface area contributed by atoms with Crippen LogP contribution in [0.1, 0.15) is 18.1 Å². The summed E-state index contributed by atoms with van der Waals surface area (Å²) in [5.41, 5.74) is 2.84. The third kappa shape index (κ3) is 5.99. The van der Waals surface area contributed by atoms with Crippen molar-refractivity contribution in [2.24, 2.45) is 4.99 Å². The highest BCUT2D eigenvalue weighted by Crippen LogP contribution is 2.25. The first-order valence-electron chi connectivity index (χ1n) is 8.54. The van der Waals surface area contributed by atoms with Crippen molar-refractivity contribution in [3.8, 4) is 5.75 Å². The molecule has 0 aliphatic rings. The number of aliphatic imine (C=N–C) groups is 1. The standard InChI is InChI=1S/C20H25BrN4O2/c1-14(26)24-18-11-15(9-10-19(18)27-4)12-23-20(22-2)25(3)13-16-7-5-6-8-17(16)21/h5-11H,12-13H2,1-4H3,(H,22,23)(H,24,26). The van der Waals surface area contributed by atoms with Crippen LogP contribution in [0.4, 0.5) is 5.69 Å². The Kier molecular flexibility index (Phi) is 7.67. The van der Waals surface area contributed by atoms with Crippen LogP contribution in [-0.2, 0) is 17.9 Å². The van der Waals surface area contributed by atoms with Gasteiger partial charge in [0.2, 0.25) is 5.91 Å². The smallest absolute Gasteiger partial charge is 0.221 e. The number of carbonyl (C=O) groups excluding carboxylic acids is 1. The van der Waals surface area contributed by atoms with Crippen LogP contribution in [0.2, 0.25) is 0 Å². The summed E-state index contributed by atoms with van der Waals surface area (Å²) < 4.78 is 6.36. The second-order valence-corrected chi connectivity index (χ2v) is 6.92. The Morgan fingerprint density at radius 1 is 1.26 bits per heavy atom. The lowest BCUT2D eigenvalue weighted by Gasteiger charge is -2.23. The third-order valence-corrected chi connectivity index (χ3v) is 4.74. The fourth-order valence-corrected chi connectivity index (χ4v) is 3.09. The molecule has 0 aromatic heterocycles. The van der Waals surface area contributed by atoms with E-state index in [9.17, 15) is 4.79 Å². The number of hydrogen-bond donors (Lipinski definition) is 2. The number of methoxy groups -OCH3 is 1. The molecule has 6 nitrogen and oxygen atoms in total. The second-order valence-electron chi connectivity index (χ2n) is 6.06. The second kappa shape index (κ2) is 9.97. The maximum atomic E-state index is 11.4. The molecule has 27 heavy (non-hydrogen) atoms. The zero-order valence-corrected chi connectivity index (χ0v) is 17.6. The van der Waals surface area contributed by atoms with Gasteiger partial charge >= 0.3 is 0 Å². The SMILES string of the molecule is CN=C(NCc1ccc(OC)c(NC(C)=O)c1)N(C)Cc1ccccc1Br. The van der Waals surface area contributed by atoms with Crippen molar-refractivity contribution in [2.45, 2.75) is 20.0 Å². The van der Waals surface area contributed by atoms with Gasteiger partial charge in [0.25, 0.3) is 0 Å². The maximum Gasteiger partial charge on any atom is 0.221 e. The number of guanidine groups is 1. The molecular formula is C20H25BrN4O2. The molecule has 2 aromatic carbocycles. The Morgan fingerprint density at radius 2 is 2.00 bits per heavy atom. The first-order chi connectivity index (χ1) is 12.9. The van der Waals surface area contributed by atoms with Crippen molar-refractivity contribution in [2.75, 3.05) is 26.5 Å². The molecule has 0 aliphatic carbocycles. The lowest BCUT2D eigenvalue weighted by molar-refractivity contribution is -0.114. The van der Waals surface area contributed by atoms with E-state index >= 15 is 0 Å². The van der Waals surface area contributed by atoms with Crippen LogP contribution in [-0.4, -0.2) is 38.0 Å². The fourth-order valence-electron chi connectivity index (χ4n) is 2.68. The zero-order chi connectivity index (χ0) is 19.8. The molecule has 7 heteroatoms. The van der Waals surface area contributed by atoms with Crippen molar-refractivity contribution in [1.82, 2.24) is 10.2 Å². The van der Waals surface area contributed by atoms with Crippen molar-refractivity contribution in [3.05, 3.63) is 58.1 Å². The summed E-state index contributed by atoms with van der Waals surface area (Å²) in [5.74, 6) is 1.27. The lowest BCUT2D eigenvalue weighted by Crippen LogP contribution is -2.38. The Morgan fingerprint density at radius 3 is 2.63 bits per heavy atom. The number of anilines is 1. The average Bonchev–Trinajstić information content (AvgIpc) is 2.64. The molecular weight excluding hydrogens is 408 g/mol. The number of halogens is 1. The van der Waals surface area contributed by atoms with Crippen LogP contribution in [0, 0.1) is 0 Å². The molecule has 2 aromatic rings. The van der Waals surface area contributed by atoms with E-state index < -0.39 is 0 Å². The van der Waals surface area contributed by atoms with Gasteiger partial charge in [-0.05, 0) is 29.3 Å². The number of amides is 1. The molecule has 0 saturated heterocycles. The number of ether oxygens (including phenoxy) is 1. The predicted octanol–water partition coefficient (Wildman–Crippen LogP) is 3.62. The van der Waals surface area contributed by atoms with Gasteiger partial charge in [-0.3, -0.25) is 9.79 Å². The minimum absolute atomic E-state index is 0.137. The molecule has 0 atom stereocenters. The molecule has 2 rings (SSSR count). The summed E-state index contributed by atoms with van der Waals surface area (Å²) in [6, 6.07) is 13.8. The molecule has 0 heterocycles.